The minimum atomic E-state index is -0.822. The van der Waals surface area contributed by atoms with E-state index in [0.29, 0.717) is 13.0 Å². The molecule has 1 saturated heterocycles. The van der Waals surface area contributed by atoms with E-state index >= 15 is 0 Å². The Balaban J connectivity index is 2.45. The van der Waals surface area contributed by atoms with Gasteiger partial charge in [-0.25, -0.2) is 0 Å². The lowest BCUT2D eigenvalue weighted by Crippen LogP contribution is -2.35. The second-order valence-electron chi connectivity index (χ2n) is 3.37. The minimum absolute atomic E-state index is 0.206. The number of aliphatic hydroxyl groups is 2. The standard InChI is InChI=1S/C7H14O3/c1-7(2,9)6-3-5(8)4-10-6/h5-6,8-9H,3-4H2,1-2H3/t5-,6-/m0/s1. The molecule has 3 heteroatoms. The molecule has 0 bridgehead atoms. The van der Waals surface area contributed by atoms with Crippen molar-refractivity contribution in [2.24, 2.45) is 0 Å². The molecule has 1 fully saturated rings. The van der Waals surface area contributed by atoms with Crippen molar-refractivity contribution in [3.05, 3.63) is 0 Å². The van der Waals surface area contributed by atoms with Crippen LogP contribution in [0.4, 0.5) is 0 Å². The zero-order chi connectivity index (χ0) is 7.78. The smallest absolute Gasteiger partial charge is 0.0883 e. The molecular weight excluding hydrogens is 132 g/mol. The van der Waals surface area contributed by atoms with Crippen LogP contribution in [0.25, 0.3) is 0 Å². The molecular formula is C7H14O3. The number of rotatable bonds is 1. The summed E-state index contributed by atoms with van der Waals surface area (Å²) in [5, 5.41) is 18.4. The first-order valence-corrected chi connectivity index (χ1v) is 3.52. The molecule has 1 aliphatic rings. The predicted molar refractivity (Wildman–Crippen MR) is 36.7 cm³/mol. The van der Waals surface area contributed by atoms with Crippen LogP contribution in [0.1, 0.15) is 20.3 Å². The first kappa shape index (κ1) is 7.98. The molecule has 0 aliphatic carbocycles. The van der Waals surface area contributed by atoms with E-state index in [4.69, 9.17) is 9.84 Å². The first-order valence-electron chi connectivity index (χ1n) is 3.52. The molecule has 0 amide bonds. The maximum Gasteiger partial charge on any atom is 0.0883 e. The van der Waals surface area contributed by atoms with E-state index in [9.17, 15) is 5.11 Å². The third kappa shape index (κ3) is 1.68. The molecule has 0 unspecified atom stereocenters. The Labute approximate surface area is 60.6 Å². The molecule has 0 aromatic rings. The first-order chi connectivity index (χ1) is 4.50. The van der Waals surface area contributed by atoms with Gasteiger partial charge in [0.1, 0.15) is 0 Å². The normalized spacial score (nSPS) is 34.8. The van der Waals surface area contributed by atoms with Crippen molar-refractivity contribution in [3.63, 3.8) is 0 Å². The molecule has 0 aromatic carbocycles. The maximum atomic E-state index is 9.40. The van der Waals surface area contributed by atoms with Crippen molar-refractivity contribution in [2.45, 2.75) is 38.1 Å². The highest BCUT2D eigenvalue weighted by atomic mass is 16.5. The van der Waals surface area contributed by atoms with Gasteiger partial charge in [0, 0.05) is 6.42 Å². The lowest BCUT2D eigenvalue weighted by atomic mass is 9.99. The van der Waals surface area contributed by atoms with Gasteiger partial charge >= 0.3 is 0 Å². The van der Waals surface area contributed by atoms with Gasteiger partial charge in [0.2, 0.25) is 0 Å². The highest BCUT2D eigenvalue weighted by Gasteiger charge is 2.34. The van der Waals surface area contributed by atoms with Crippen molar-refractivity contribution in [1.82, 2.24) is 0 Å². The Kier molecular flexibility index (Phi) is 1.99. The van der Waals surface area contributed by atoms with E-state index in [1.165, 1.54) is 0 Å². The third-order valence-electron chi connectivity index (χ3n) is 1.76. The Hall–Kier alpha value is -0.120. The second kappa shape index (κ2) is 2.49. The Bertz CT molecular complexity index is 117. The van der Waals surface area contributed by atoms with Gasteiger partial charge < -0.3 is 14.9 Å². The van der Waals surface area contributed by atoms with Crippen molar-refractivity contribution < 1.29 is 14.9 Å². The molecule has 0 aromatic heterocycles. The quantitative estimate of drug-likeness (QED) is 0.543. The summed E-state index contributed by atoms with van der Waals surface area (Å²) in [6.07, 6.45) is -0.0531. The molecule has 1 aliphatic heterocycles. The van der Waals surface area contributed by atoms with Crippen LogP contribution < -0.4 is 0 Å². The summed E-state index contributed by atoms with van der Waals surface area (Å²) in [7, 11) is 0. The SMILES string of the molecule is CC(C)(O)[C@@H]1C[C@H](O)CO1. The molecule has 10 heavy (non-hydrogen) atoms. The summed E-state index contributed by atoms with van der Waals surface area (Å²) < 4.78 is 5.13. The topological polar surface area (TPSA) is 49.7 Å². The summed E-state index contributed by atoms with van der Waals surface area (Å²) >= 11 is 0. The van der Waals surface area contributed by atoms with Gasteiger partial charge in [0.05, 0.1) is 24.4 Å². The monoisotopic (exact) mass is 146 g/mol. The van der Waals surface area contributed by atoms with Crippen molar-refractivity contribution in [2.75, 3.05) is 6.61 Å². The van der Waals surface area contributed by atoms with E-state index in [1.54, 1.807) is 13.8 Å². The average molecular weight is 146 g/mol. The highest BCUT2D eigenvalue weighted by Crippen LogP contribution is 2.23. The van der Waals surface area contributed by atoms with Gasteiger partial charge in [-0.15, -0.1) is 0 Å². The fourth-order valence-corrected chi connectivity index (χ4v) is 1.10. The molecule has 0 saturated carbocycles. The van der Waals surface area contributed by atoms with Crippen molar-refractivity contribution in [3.8, 4) is 0 Å². The second-order valence-corrected chi connectivity index (χ2v) is 3.37. The van der Waals surface area contributed by atoms with Crippen LogP contribution >= 0.6 is 0 Å². The zero-order valence-electron chi connectivity index (χ0n) is 6.37. The summed E-state index contributed by atoms with van der Waals surface area (Å²) in [6.45, 7) is 3.74. The molecule has 3 nitrogen and oxygen atoms in total. The highest BCUT2D eigenvalue weighted by molar-refractivity contribution is 4.84. The van der Waals surface area contributed by atoms with E-state index in [2.05, 4.69) is 0 Å². The third-order valence-corrected chi connectivity index (χ3v) is 1.76. The van der Waals surface area contributed by atoms with Crippen LogP contribution in [-0.2, 0) is 4.74 Å². The molecule has 1 heterocycles. The lowest BCUT2D eigenvalue weighted by Gasteiger charge is -2.23. The van der Waals surface area contributed by atoms with Crippen LogP contribution in [0.15, 0.2) is 0 Å². The fourth-order valence-electron chi connectivity index (χ4n) is 1.10. The fraction of sp³-hybridized carbons (Fsp3) is 1.00. The summed E-state index contributed by atoms with van der Waals surface area (Å²) in [5.74, 6) is 0. The maximum absolute atomic E-state index is 9.40. The van der Waals surface area contributed by atoms with Crippen LogP contribution in [0, 0.1) is 0 Å². The van der Waals surface area contributed by atoms with Gasteiger partial charge in [-0.2, -0.15) is 0 Å². The van der Waals surface area contributed by atoms with E-state index in [0.717, 1.165) is 0 Å². The Morgan fingerprint density at radius 3 is 2.30 bits per heavy atom. The van der Waals surface area contributed by atoms with E-state index in [-0.39, 0.29) is 6.10 Å². The van der Waals surface area contributed by atoms with Crippen LogP contribution in [0.5, 0.6) is 0 Å². The van der Waals surface area contributed by atoms with E-state index in [1.807, 2.05) is 0 Å². The van der Waals surface area contributed by atoms with Crippen molar-refractivity contribution in [1.29, 1.82) is 0 Å². The van der Waals surface area contributed by atoms with Crippen LogP contribution in [0.3, 0.4) is 0 Å². The van der Waals surface area contributed by atoms with Gasteiger partial charge in [0.25, 0.3) is 0 Å². The van der Waals surface area contributed by atoms with E-state index < -0.39 is 11.7 Å². The molecule has 2 atom stereocenters. The van der Waals surface area contributed by atoms with Gasteiger partial charge in [-0.05, 0) is 13.8 Å². The number of aliphatic hydroxyl groups excluding tert-OH is 1. The zero-order valence-corrected chi connectivity index (χ0v) is 6.37. The Morgan fingerprint density at radius 2 is 2.10 bits per heavy atom. The number of hydrogen-bond donors (Lipinski definition) is 2. The Morgan fingerprint density at radius 1 is 1.50 bits per heavy atom. The van der Waals surface area contributed by atoms with Crippen LogP contribution in [0.2, 0.25) is 0 Å². The predicted octanol–water partition coefficient (Wildman–Crippen LogP) is -0.0929. The average Bonchev–Trinajstić information content (AvgIpc) is 2.11. The lowest BCUT2D eigenvalue weighted by molar-refractivity contribution is -0.0603. The molecule has 0 radical (unpaired) electrons. The largest absolute Gasteiger partial charge is 0.391 e. The molecule has 60 valence electrons. The molecule has 2 N–H and O–H groups in total. The van der Waals surface area contributed by atoms with Gasteiger partial charge in [0.15, 0.2) is 0 Å². The minimum Gasteiger partial charge on any atom is -0.391 e. The van der Waals surface area contributed by atoms with Gasteiger partial charge in [-0.1, -0.05) is 0 Å². The van der Waals surface area contributed by atoms with Crippen LogP contribution in [-0.4, -0.2) is 34.6 Å². The van der Waals surface area contributed by atoms with Crippen molar-refractivity contribution >= 4 is 0 Å². The summed E-state index contributed by atoms with van der Waals surface area (Å²) in [5.41, 5.74) is -0.822. The van der Waals surface area contributed by atoms with Gasteiger partial charge in [-0.3, -0.25) is 0 Å². The summed E-state index contributed by atoms with van der Waals surface area (Å²) in [6, 6.07) is 0. The molecule has 1 rings (SSSR count). The summed E-state index contributed by atoms with van der Waals surface area (Å²) in [4.78, 5) is 0. The molecule has 0 spiro atoms. The number of hydrogen-bond acceptors (Lipinski definition) is 3. The number of ether oxygens (including phenoxy) is 1.